The zero-order valence-electron chi connectivity index (χ0n) is 7.71. The maximum absolute atomic E-state index is 5.89. The first-order chi connectivity index (χ1) is 6.92. The van der Waals surface area contributed by atoms with Gasteiger partial charge in [0.15, 0.2) is 12.6 Å². The van der Waals surface area contributed by atoms with E-state index in [0.717, 1.165) is 0 Å². The zero-order valence-corrected chi connectivity index (χ0v) is 7.71. The third-order valence-electron chi connectivity index (χ3n) is 4.78. The van der Waals surface area contributed by atoms with Gasteiger partial charge >= 0.3 is 0 Å². The van der Waals surface area contributed by atoms with E-state index in [0.29, 0.717) is 35.9 Å². The Balaban J connectivity index is 1.79. The highest BCUT2D eigenvalue weighted by Crippen LogP contribution is 2.62. The van der Waals surface area contributed by atoms with Crippen LogP contribution in [0.4, 0.5) is 0 Å². The van der Waals surface area contributed by atoms with Gasteiger partial charge in [-0.05, 0) is 6.42 Å². The van der Waals surface area contributed by atoms with Crippen molar-refractivity contribution in [3.8, 4) is 0 Å². The van der Waals surface area contributed by atoms with E-state index in [-0.39, 0.29) is 12.6 Å². The standard InChI is InChI=1S/C11H12O3/c1-2-7-9-5-3-4-8(9)6(1)12-10(4)14-11(5)13-7/h1-2,4-11H,3H2/t4-,5+,6+,7-,8+,9-,10-,11+. The molecule has 0 N–H and O–H groups in total. The Morgan fingerprint density at radius 1 is 0.786 bits per heavy atom. The van der Waals surface area contributed by atoms with Gasteiger partial charge < -0.3 is 14.2 Å². The molecule has 74 valence electrons. The highest BCUT2D eigenvalue weighted by Gasteiger charge is 2.67. The van der Waals surface area contributed by atoms with Crippen LogP contribution in [-0.2, 0) is 14.2 Å². The highest BCUT2D eigenvalue weighted by molar-refractivity contribution is 5.20. The Morgan fingerprint density at radius 2 is 1.36 bits per heavy atom. The van der Waals surface area contributed by atoms with E-state index in [2.05, 4.69) is 12.2 Å². The summed E-state index contributed by atoms with van der Waals surface area (Å²) in [4.78, 5) is 0. The van der Waals surface area contributed by atoms with Crippen molar-refractivity contribution in [1.82, 2.24) is 0 Å². The zero-order chi connectivity index (χ0) is 8.86. The fourth-order valence-electron chi connectivity index (χ4n) is 4.37. The molecular formula is C11H12O3. The molecule has 0 unspecified atom stereocenters. The van der Waals surface area contributed by atoms with E-state index >= 15 is 0 Å². The fourth-order valence-corrected chi connectivity index (χ4v) is 4.37. The van der Waals surface area contributed by atoms with E-state index in [1.807, 2.05) is 0 Å². The number of ether oxygens (including phenoxy) is 3. The topological polar surface area (TPSA) is 27.7 Å². The minimum atomic E-state index is 0.0277. The maximum atomic E-state index is 5.89. The normalized spacial score (nSPS) is 70.9. The van der Waals surface area contributed by atoms with Crippen LogP contribution in [0, 0.1) is 23.7 Å². The summed E-state index contributed by atoms with van der Waals surface area (Å²) in [6, 6.07) is 0. The predicted octanol–water partition coefficient (Wildman–Crippen LogP) is 0.905. The molecule has 3 heteroatoms. The molecule has 0 aromatic carbocycles. The van der Waals surface area contributed by atoms with Crippen molar-refractivity contribution in [3.63, 3.8) is 0 Å². The van der Waals surface area contributed by atoms with E-state index < -0.39 is 0 Å². The molecule has 1 saturated carbocycles. The number of hydrogen-bond acceptors (Lipinski definition) is 3. The van der Waals surface area contributed by atoms with Crippen LogP contribution in [0.3, 0.4) is 0 Å². The van der Waals surface area contributed by atoms with Crippen molar-refractivity contribution in [2.24, 2.45) is 23.7 Å². The lowest BCUT2D eigenvalue weighted by molar-refractivity contribution is -0.266. The highest BCUT2D eigenvalue weighted by atomic mass is 16.8. The lowest BCUT2D eigenvalue weighted by atomic mass is 9.78. The smallest absolute Gasteiger partial charge is 0.164 e. The van der Waals surface area contributed by atoms with Crippen LogP contribution in [0.5, 0.6) is 0 Å². The van der Waals surface area contributed by atoms with Gasteiger partial charge in [-0.3, -0.25) is 0 Å². The molecule has 2 aliphatic carbocycles. The molecule has 0 aromatic rings. The van der Waals surface area contributed by atoms with Crippen LogP contribution < -0.4 is 0 Å². The van der Waals surface area contributed by atoms with Gasteiger partial charge in [0.2, 0.25) is 0 Å². The molecule has 14 heavy (non-hydrogen) atoms. The Kier molecular flexibility index (Phi) is 0.969. The number of hydrogen-bond donors (Lipinski definition) is 0. The van der Waals surface area contributed by atoms with Gasteiger partial charge in [0, 0.05) is 23.7 Å². The first-order valence-electron chi connectivity index (χ1n) is 5.56. The molecule has 3 nitrogen and oxygen atoms in total. The largest absolute Gasteiger partial charge is 0.345 e. The summed E-state index contributed by atoms with van der Waals surface area (Å²) in [6.07, 6.45) is 6.34. The Bertz CT molecular complexity index is 309. The lowest BCUT2D eigenvalue weighted by Crippen LogP contribution is -2.35. The van der Waals surface area contributed by atoms with Crippen LogP contribution >= 0.6 is 0 Å². The summed E-state index contributed by atoms with van der Waals surface area (Å²) in [7, 11) is 0. The summed E-state index contributed by atoms with van der Waals surface area (Å²) in [5, 5.41) is 0. The molecule has 0 spiro atoms. The second-order valence-electron chi connectivity index (χ2n) is 5.18. The number of rotatable bonds is 0. The molecule has 3 saturated heterocycles. The molecule has 3 heterocycles. The fraction of sp³-hybridized carbons (Fsp3) is 0.818. The summed E-state index contributed by atoms with van der Waals surface area (Å²) in [5.41, 5.74) is 0. The van der Waals surface area contributed by atoms with Crippen molar-refractivity contribution in [2.45, 2.75) is 31.2 Å². The summed E-state index contributed by atoms with van der Waals surface area (Å²) in [6.45, 7) is 0. The van der Waals surface area contributed by atoms with E-state index in [1.165, 1.54) is 6.42 Å². The average Bonchev–Trinajstić information content (AvgIpc) is 2.82. The molecular weight excluding hydrogens is 180 g/mol. The van der Waals surface area contributed by atoms with Gasteiger partial charge in [0.25, 0.3) is 0 Å². The van der Waals surface area contributed by atoms with Crippen LogP contribution in [-0.4, -0.2) is 24.8 Å². The van der Waals surface area contributed by atoms with Crippen molar-refractivity contribution in [1.29, 1.82) is 0 Å². The van der Waals surface area contributed by atoms with E-state index in [1.54, 1.807) is 0 Å². The maximum Gasteiger partial charge on any atom is 0.164 e. The third kappa shape index (κ3) is 0.554. The SMILES string of the molecule is C1=C[C@H]2O[C@H]3O[C@H]4O[C@@H]1[C@@H]1[C@H]4C[C@H]3[C@@H]12. The quantitative estimate of drug-likeness (QED) is 0.534. The lowest BCUT2D eigenvalue weighted by Gasteiger charge is -2.30. The summed E-state index contributed by atoms with van der Waals surface area (Å²) < 4.78 is 17.6. The van der Waals surface area contributed by atoms with Crippen molar-refractivity contribution >= 4 is 0 Å². The van der Waals surface area contributed by atoms with Gasteiger partial charge in [-0.15, -0.1) is 0 Å². The average molecular weight is 192 g/mol. The molecule has 0 amide bonds. The second-order valence-corrected chi connectivity index (χ2v) is 5.18. The molecule has 2 bridgehead atoms. The van der Waals surface area contributed by atoms with Crippen molar-refractivity contribution in [2.75, 3.05) is 0 Å². The molecule has 0 radical (unpaired) electrons. The minimum Gasteiger partial charge on any atom is -0.345 e. The summed E-state index contributed by atoms with van der Waals surface area (Å²) in [5.74, 6) is 2.69. The van der Waals surface area contributed by atoms with Crippen LogP contribution in [0.1, 0.15) is 6.42 Å². The van der Waals surface area contributed by atoms with Gasteiger partial charge in [0.1, 0.15) is 0 Å². The van der Waals surface area contributed by atoms with Gasteiger partial charge in [0.05, 0.1) is 12.2 Å². The first-order valence-corrected chi connectivity index (χ1v) is 5.56. The van der Waals surface area contributed by atoms with Crippen LogP contribution in [0.25, 0.3) is 0 Å². The van der Waals surface area contributed by atoms with E-state index in [9.17, 15) is 0 Å². The molecule has 3 aliphatic heterocycles. The monoisotopic (exact) mass is 192 g/mol. The second kappa shape index (κ2) is 1.94. The summed E-state index contributed by atoms with van der Waals surface area (Å²) >= 11 is 0. The Labute approximate surface area is 82.0 Å². The predicted molar refractivity (Wildman–Crippen MR) is 46.1 cm³/mol. The molecule has 4 fully saturated rings. The Morgan fingerprint density at radius 3 is 1.93 bits per heavy atom. The molecule has 0 aromatic heterocycles. The van der Waals surface area contributed by atoms with Gasteiger partial charge in [-0.2, -0.15) is 0 Å². The van der Waals surface area contributed by atoms with Gasteiger partial charge in [-0.1, -0.05) is 12.2 Å². The molecule has 5 aliphatic rings. The van der Waals surface area contributed by atoms with Crippen molar-refractivity contribution < 1.29 is 14.2 Å². The first kappa shape index (κ1) is 6.99. The molecule has 5 rings (SSSR count). The van der Waals surface area contributed by atoms with Gasteiger partial charge in [-0.25, -0.2) is 0 Å². The van der Waals surface area contributed by atoms with Crippen molar-refractivity contribution in [3.05, 3.63) is 12.2 Å². The van der Waals surface area contributed by atoms with Crippen LogP contribution in [0.2, 0.25) is 0 Å². The minimum absolute atomic E-state index is 0.0277. The molecule has 8 atom stereocenters. The Hall–Kier alpha value is -0.380. The third-order valence-corrected chi connectivity index (χ3v) is 4.78. The van der Waals surface area contributed by atoms with Crippen LogP contribution in [0.15, 0.2) is 12.2 Å². The van der Waals surface area contributed by atoms with E-state index in [4.69, 9.17) is 14.2 Å².